The maximum Gasteiger partial charge on any atom is 0.612 e. The normalized spacial score (nSPS) is 11.3. The molecule has 88 valence electrons. The highest BCUT2D eigenvalue weighted by Crippen LogP contribution is 2.51. The Balaban J connectivity index is 3.14. The van der Waals surface area contributed by atoms with Crippen molar-refractivity contribution in [3.63, 3.8) is 0 Å². The van der Waals surface area contributed by atoms with E-state index < -0.39 is 14.0 Å². The third kappa shape index (κ3) is 3.14. The molecule has 0 saturated heterocycles. The van der Waals surface area contributed by atoms with Gasteiger partial charge in [0.05, 0.1) is 5.56 Å². The van der Waals surface area contributed by atoms with Crippen LogP contribution in [0.25, 0.3) is 0 Å². The second-order valence-electron chi connectivity index (χ2n) is 3.57. The van der Waals surface area contributed by atoms with Crippen LogP contribution in [0, 0.1) is 20.8 Å². The zero-order valence-electron chi connectivity index (χ0n) is 9.08. The molecular weight excluding hydrogens is 237 g/mol. The fraction of sp³-hybridized carbons (Fsp3) is 0.300. The highest BCUT2D eigenvalue weighted by Gasteiger charge is 2.28. The molecule has 0 aliphatic rings. The lowest BCUT2D eigenvalue weighted by molar-refractivity contribution is 0.0711. The van der Waals surface area contributed by atoms with E-state index in [1.807, 2.05) is 6.92 Å². The summed E-state index contributed by atoms with van der Waals surface area (Å²) < 4.78 is 37.9. The number of carbonyl (C=O) groups excluding carboxylic acids is 1. The van der Waals surface area contributed by atoms with Gasteiger partial charge < -0.3 is 4.52 Å². The summed E-state index contributed by atoms with van der Waals surface area (Å²) in [5, 5.41) is 0. The summed E-state index contributed by atoms with van der Waals surface area (Å²) >= 11 is 0. The largest absolute Gasteiger partial charge is 0.612 e. The molecule has 16 heavy (non-hydrogen) atoms. The van der Waals surface area contributed by atoms with Crippen molar-refractivity contribution in [1.29, 1.82) is 0 Å². The molecule has 0 bridgehead atoms. The van der Waals surface area contributed by atoms with Crippen molar-refractivity contribution < 1.29 is 22.3 Å². The van der Waals surface area contributed by atoms with E-state index in [1.54, 1.807) is 26.0 Å². The first-order valence-corrected chi connectivity index (χ1v) is 5.92. The molecule has 3 nitrogen and oxygen atoms in total. The number of carbonyl (C=O) groups is 1. The minimum atomic E-state index is -5.79. The summed E-state index contributed by atoms with van der Waals surface area (Å²) in [5.41, 5.74) is 2.00. The topological polar surface area (TPSA) is 43.4 Å². The Morgan fingerprint density at radius 1 is 1.19 bits per heavy atom. The van der Waals surface area contributed by atoms with Crippen LogP contribution in [0.2, 0.25) is 0 Å². The molecule has 0 atom stereocenters. The Labute approximate surface area is 92.1 Å². The standard InChI is InChI=1S/C10H11F2O3P/c1-6-4-7(2)9(8(3)5-6)10(13)15-16(11,12)14/h4-5H,1-3H3. The van der Waals surface area contributed by atoms with Crippen LogP contribution < -0.4 is 0 Å². The zero-order valence-corrected chi connectivity index (χ0v) is 9.98. The molecule has 0 radical (unpaired) electrons. The van der Waals surface area contributed by atoms with Crippen molar-refractivity contribution in [3.05, 3.63) is 34.4 Å². The average molecular weight is 248 g/mol. The van der Waals surface area contributed by atoms with Crippen molar-refractivity contribution in [2.24, 2.45) is 0 Å². The van der Waals surface area contributed by atoms with Crippen molar-refractivity contribution in [3.8, 4) is 0 Å². The van der Waals surface area contributed by atoms with Gasteiger partial charge in [-0.2, -0.15) is 0 Å². The molecule has 0 amide bonds. The molecule has 1 rings (SSSR count). The first-order chi connectivity index (χ1) is 7.20. The SMILES string of the molecule is Cc1cc(C)c(C(=O)OP(=O)(F)F)c(C)c1. The van der Waals surface area contributed by atoms with E-state index in [2.05, 4.69) is 4.52 Å². The Kier molecular flexibility index (Phi) is 3.48. The molecule has 0 heterocycles. The van der Waals surface area contributed by atoms with Gasteiger partial charge in [-0.05, 0) is 31.9 Å². The highest BCUT2D eigenvalue weighted by molar-refractivity contribution is 7.48. The number of benzene rings is 1. The second kappa shape index (κ2) is 4.34. The monoisotopic (exact) mass is 248 g/mol. The third-order valence-electron chi connectivity index (χ3n) is 2.07. The molecule has 0 aromatic heterocycles. The van der Waals surface area contributed by atoms with E-state index in [9.17, 15) is 17.8 Å². The molecule has 6 heteroatoms. The molecule has 0 spiro atoms. The zero-order chi connectivity index (χ0) is 12.5. The van der Waals surface area contributed by atoms with Gasteiger partial charge in [0.1, 0.15) is 0 Å². The molecule has 1 aromatic rings. The van der Waals surface area contributed by atoms with E-state index in [1.165, 1.54) is 0 Å². The number of hydrogen-bond donors (Lipinski definition) is 0. The third-order valence-corrected chi connectivity index (χ3v) is 2.45. The van der Waals surface area contributed by atoms with Gasteiger partial charge in [0.15, 0.2) is 0 Å². The average Bonchev–Trinajstić information content (AvgIpc) is 1.96. The number of aryl methyl sites for hydroxylation is 3. The van der Waals surface area contributed by atoms with Crippen LogP contribution in [0.4, 0.5) is 8.39 Å². The maximum absolute atomic E-state index is 12.1. The van der Waals surface area contributed by atoms with Crippen LogP contribution in [-0.2, 0) is 9.09 Å². The summed E-state index contributed by atoms with van der Waals surface area (Å²) in [6, 6.07) is 3.34. The summed E-state index contributed by atoms with van der Waals surface area (Å²) in [6.07, 6.45) is 0. The summed E-state index contributed by atoms with van der Waals surface area (Å²) in [5.74, 6) is -1.25. The Hall–Kier alpha value is -1.22. The van der Waals surface area contributed by atoms with Crippen LogP contribution in [0.15, 0.2) is 12.1 Å². The number of rotatable bonds is 2. The predicted octanol–water partition coefficient (Wildman–Crippen LogP) is 3.82. The maximum atomic E-state index is 12.1. The number of halogens is 2. The van der Waals surface area contributed by atoms with E-state index in [-0.39, 0.29) is 5.56 Å². The molecule has 0 N–H and O–H groups in total. The quantitative estimate of drug-likeness (QED) is 0.747. The van der Waals surface area contributed by atoms with Crippen LogP contribution in [0.5, 0.6) is 0 Å². The van der Waals surface area contributed by atoms with E-state index in [0.29, 0.717) is 11.1 Å². The Morgan fingerprint density at radius 2 is 1.62 bits per heavy atom. The van der Waals surface area contributed by atoms with Gasteiger partial charge in [0.2, 0.25) is 0 Å². The Morgan fingerprint density at radius 3 is 2.00 bits per heavy atom. The first-order valence-electron chi connectivity index (χ1n) is 4.52. The van der Waals surface area contributed by atoms with Crippen molar-refractivity contribution in [2.75, 3.05) is 0 Å². The fourth-order valence-electron chi connectivity index (χ4n) is 1.64. The molecular formula is C10H11F2O3P. The van der Waals surface area contributed by atoms with E-state index in [4.69, 9.17) is 0 Å². The van der Waals surface area contributed by atoms with Gasteiger partial charge in [-0.25, -0.2) is 9.36 Å². The van der Waals surface area contributed by atoms with Crippen LogP contribution in [0.1, 0.15) is 27.0 Å². The van der Waals surface area contributed by atoms with Crippen molar-refractivity contribution in [2.45, 2.75) is 20.8 Å². The molecule has 0 fully saturated rings. The Bertz CT molecular complexity index is 456. The molecule has 1 aromatic carbocycles. The van der Waals surface area contributed by atoms with Gasteiger partial charge >= 0.3 is 14.0 Å². The predicted molar refractivity (Wildman–Crippen MR) is 55.9 cm³/mol. The second-order valence-corrected chi connectivity index (χ2v) is 4.58. The minimum Gasteiger partial charge on any atom is -0.360 e. The lowest BCUT2D eigenvalue weighted by Crippen LogP contribution is -2.06. The lowest BCUT2D eigenvalue weighted by Gasteiger charge is -2.09. The fourth-order valence-corrected chi connectivity index (χ4v) is 1.93. The molecule has 0 aliphatic heterocycles. The molecule has 0 unspecified atom stereocenters. The van der Waals surface area contributed by atoms with Crippen LogP contribution >= 0.6 is 7.99 Å². The van der Waals surface area contributed by atoms with Crippen molar-refractivity contribution in [1.82, 2.24) is 0 Å². The van der Waals surface area contributed by atoms with Gasteiger partial charge in [-0.1, -0.05) is 17.7 Å². The molecule has 0 aliphatic carbocycles. The molecule has 0 saturated carbocycles. The van der Waals surface area contributed by atoms with Gasteiger partial charge in [0, 0.05) is 0 Å². The summed E-state index contributed by atoms with van der Waals surface area (Å²) in [4.78, 5) is 11.3. The smallest absolute Gasteiger partial charge is 0.360 e. The van der Waals surface area contributed by atoms with Crippen molar-refractivity contribution >= 4 is 14.0 Å². The van der Waals surface area contributed by atoms with Gasteiger partial charge in [0.25, 0.3) is 0 Å². The lowest BCUT2D eigenvalue weighted by atomic mass is 10.0. The van der Waals surface area contributed by atoms with E-state index in [0.717, 1.165) is 5.56 Å². The van der Waals surface area contributed by atoms with E-state index >= 15 is 0 Å². The summed E-state index contributed by atoms with van der Waals surface area (Å²) in [6.45, 7) is 5.04. The number of hydrogen-bond acceptors (Lipinski definition) is 3. The van der Waals surface area contributed by atoms with Gasteiger partial charge in [-0.3, -0.25) is 0 Å². The minimum absolute atomic E-state index is 0.0427. The van der Waals surface area contributed by atoms with Gasteiger partial charge in [-0.15, -0.1) is 8.39 Å². The van der Waals surface area contributed by atoms with Crippen LogP contribution in [0.3, 0.4) is 0 Å². The highest BCUT2D eigenvalue weighted by atomic mass is 31.2. The first kappa shape index (κ1) is 12.8. The van der Waals surface area contributed by atoms with Crippen LogP contribution in [-0.4, -0.2) is 5.97 Å². The summed E-state index contributed by atoms with van der Waals surface area (Å²) in [7, 11) is -5.79.